The number of amides is 1. The third-order valence-electron chi connectivity index (χ3n) is 1.94. The van der Waals surface area contributed by atoms with Crippen LogP contribution in [0.3, 0.4) is 0 Å². The fourth-order valence-corrected chi connectivity index (χ4v) is 1.21. The van der Waals surface area contributed by atoms with E-state index in [2.05, 4.69) is 23.1 Å². The summed E-state index contributed by atoms with van der Waals surface area (Å²) in [7, 11) is 1.28. The van der Waals surface area contributed by atoms with Crippen molar-refractivity contribution in [3.05, 3.63) is 33.9 Å². The zero-order chi connectivity index (χ0) is 13.7. The van der Waals surface area contributed by atoms with Gasteiger partial charge in [0.1, 0.15) is 0 Å². The molecule has 0 fully saturated rings. The van der Waals surface area contributed by atoms with E-state index in [-0.39, 0.29) is 22.1 Å². The minimum Gasteiger partial charge on any atom is -0.490 e. The fourth-order valence-electron chi connectivity index (χ4n) is 1.16. The smallest absolute Gasteiger partial charge is 0.310 e. The monoisotopic (exact) mass is 270 g/mol. The molecule has 1 aromatic rings. The number of carbonyl (C=O) groups excluding carboxylic acids is 1. The van der Waals surface area contributed by atoms with Crippen molar-refractivity contribution >= 4 is 28.9 Å². The molecule has 1 amide bonds. The highest BCUT2D eigenvalue weighted by Crippen LogP contribution is 2.27. The summed E-state index contributed by atoms with van der Waals surface area (Å²) in [6.07, 6.45) is 0. The van der Waals surface area contributed by atoms with E-state index in [1.807, 2.05) is 0 Å². The zero-order valence-electron chi connectivity index (χ0n) is 9.30. The third kappa shape index (κ3) is 3.28. The van der Waals surface area contributed by atoms with E-state index in [0.29, 0.717) is 0 Å². The van der Waals surface area contributed by atoms with Gasteiger partial charge in [0, 0.05) is 17.7 Å². The van der Waals surface area contributed by atoms with Gasteiger partial charge in [0.2, 0.25) is 0 Å². The summed E-state index contributed by atoms with van der Waals surface area (Å²) in [5.41, 5.74) is 9.54. The molecule has 0 aromatic heterocycles. The van der Waals surface area contributed by atoms with Crippen molar-refractivity contribution in [3.63, 3.8) is 0 Å². The zero-order valence-corrected chi connectivity index (χ0v) is 10.1. The predicted octanol–water partition coefficient (Wildman–Crippen LogP) is 0.0814. The summed E-state index contributed by atoms with van der Waals surface area (Å²) in [6, 6.07) is 3.71. The topological polar surface area (TPSA) is 120 Å². The molecule has 9 heteroatoms. The maximum atomic E-state index is 11.6. The number of methoxy groups -OCH3 is 1. The van der Waals surface area contributed by atoms with Crippen LogP contribution in [0.2, 0.25) is 0 Å². The first-order valence-corrected chi connectivity index (χ1v) is 5.04. The van der Waals surface area contributed by atoms with Crippen molar-refractivity contribution in [2.45, 2.75) is 0 Å². The maximum absolute atomic E-state index is 11.6. The van der Waals surface area contributed by atoms with Gasteiger partial charge in [-0.25, -0.2) is 0 Å². The molecule has 0 atom stereocenters. The molecule has 0 saturated carbocycles. The van der Waals surface area contributed by atoms with Crippen LogP contribution < -0.4 is 21.3 Å². The van der Waals surface area contributed by atoms with Crippen LogP contribution in [0.15, 0.2) is 18.2 Å². The van der Waals surface area contributed by atoms with Gasteiger partial charge in [-0.05, 0) is 18.3 Å². The Morgan fingerprint density at radius 1 is 1.50 bits per heavy atom. The van der Waals surface area contributed by atoms with E-state index in [4.69, 9.17) is 10.5 Å². The average Bonchev–Trinajstić information content (AvgIpc) is 2.34. The number of rotatable bonds is 3. The lowest BCUT2D eigenvalue weighted by Gasteiger charge is -2.07. The summed E-state index contributed by atoms with van der Waals surface area (Å²) in [5.74, 6) is -0.557. The van der Waals surface area contributed by atoms with Crippen LogP contribution >= 0.6 is 12.2 Å². The van der Waals surface area contributed by atoms with Gasteiger partial charge in [0.05, 0.1) is 12.0 Å². The van der Waals surface area contributed by atoms with Crippen molar-refractivity contribution in [2.75, 3.05) is 7.11 Å². The number of nitrogens with two attached hydrogens (primary N) is 1. The highest BCUT2D eigenvalue weighted by molar-refractivity contribution is 7.80. The Morgan fingerprint density at radius 3 is 2.67 bits per heavy atom. The molecular formula is C9H10N4O4S. The Hall–Kier alpha value is -2.42. The number of hydrogen-bond acceptors (Lipinski definition) is 5. The summed E-state index contributed by atoms with van der Waals surface area (Å²) < 4.78 is 4.83. The van der Waals surface area contributed by atoms with Gasteiger partial charge in [-0.2, -0.15) is 0 Å². The summed E-state index contributed by atoms with van der Waals surface area (Å²) >= 11 is 4.51. The number of ether oxygens (including phenoxy) is 1. The molecule has 1 aromatic carbocycles. The van der Waals surface area contributed by atoms with Gasteiger partial charge in [-0.1, -0.05) is 0 Å². The lowest BCUT2D eigenvalue weighted by Crippen LogP contribution is -2.44. The quantitative estimate of drug-likeness (QED) is 0.404. The van der Waals surface area contributed by atoms with E-state index in [1.54, 1.807) is 0 Å². The second-order valence-electron chi connectivity index (χ2n) is 3.09. The lowest BCUT2D eigenvalue weighted by molar-refractivity contribution is -0.385. The van der Waals surface area contributed by atoms with Gasteiger partial charge >= 0.3 is 5.69 Å². The summed E-state index contributed by atoms with van der Waals surface area (Å²) in [4.78, 5) is 21.6. The van der Waals surface area contributed by atoms with Crippen LogP contribution in [0, 0.1) is 10.1 Å². The molecule has 0 aliphatic heterocycles. The number of nitrogens with one attached hydrogen (secondary N) is 2. The van der Waals surface area contributed by atoms with E-state index in [0.717, 1.165) is 0 Å². The molecule has 0 bridgehead atoms. The number of hydrogen-bond donors (Lipinski definition) is 3. The van der Waals surface area contributed by atoms with Crippen LogP contribution in [0.1, 0.15) is 10.4 Å². The first-order chi connectivity index (χ1) is 8.45. The number of benzene rings is 1. The maximum Gasteiger partial charge on any atom is 0.310 e. The molecule has 0 aliphatic carbocycles. The fraction of sp³-hybridized carbons (Fsp3) is 0.111. The standard InChI is InChI=1S/C9H10N4O4S/c1-17-7-4-5(2-3-6(7)13(15)16)8(14)11-12-9(10)18/h2-4H,1H3,(H,11,14)(H3,10,12,18). The van der Waals surface area contributed by atoms with E-state index in [1.165, 1.54) is 25.3 Å². The van der Waals surface area contributed by atoms with Crippen molar-refractivity contribution in [1.82, 2.24) is 10.9 Å². The molecule has 0 unspecified atom stereocenters. The summed E-state index contributed by atoms with van der Waals surface area (Å²) in [5, 5.41) is 10.6. The second-order valence-corrected chi connectivity index (χ2v) is 3.53. The van der Waals surface area contributed by atoms with E-state index in [9.17, 15) is 14.9 Å². The lowest BCUT2D eigenvalue weighted by atomic mass is 10.2. The van der Waals surface area contributed by atoms with Gasteiger partial charge in [0.15, 0.2) is 10.9 Å². The molecule has 0 heterocycles. The molecule has 0 spiro atoms. The summed E-state index contributed by atoms with van der Waals surface area (Å²) in [6.45, 7) is 0. The first kappa shape index (κ1) is 13.6. The number of thiocarbonyl (C=S) groups is 1. The Kier molecular flexibility index (Phi) is 4.38. The van der Waals surface area contributed by atoms with Crippen molar-refractivity contribution in [3.8, 4) is 5.75 Å². The van der Waals surface area contributed by atoms with Crippen LogP contribution in [-0.2, 0) is 0 Å². The van der Waals surface area contributed by atoms with Crippen LogP contribution in [0.5, 0.6) is 5.75 Å². The molecule has 18 heavy (non-hydrogen) atoms. The Labute approximate surface area is 107 Å². The normalized spacial score (nSPS) is 9.39. The Balaban J connectivity index is 2.94. The van der Waals surface area contributed by atoms with Gasteiger partial charge < -0.3 is 10.5 Å². The predicted molar refractivity (Wildman–Crippen MR) is 67.0 cm³/mol. The number of carbonyl (C=O) groups is 1. The largest absolute Gasteiger partial charge is 0.490 e. The second kappa shape index (κ2) is 5.77. The molecule has 0 aliphatic rings. The molecule has 8 nitrogen and oxygen atoms in total. The average molecular weight is 270 g/mol. The van der Waals surface area contributed by atoms with Crippen LogP contribution in [0.25, 0.3) is 0 Å². The molecule has 0 saturated heterocycles. The Bertz CT molecular complexity index is 505. The molecule has 96 valence electrons. The number of nitrogens with zero attached hydrogens (tertiary/aromatic N) is 1. The number of nitro groups is 1. The minimum atomic E-state index is -0.603. The highest BCUT2D eigenvalue weighted by Gasteiger charge is 2.17. The van der Waals surface area contributed by atoms with E-state index < -0.39 is 10.8 Å². The minimum absolute atomic E-state index is 0.0111. The molecular weight excluding hydrogens is 260 g/mol. The highest BCUT2D eigenvalue weighted by atomic mass is 32.1. The van der Waals surface area contributed by atoms with Crippen LogP contribution in [-0.4, -0.2) is 23.1 Å². The Morgan fingerprint density at radius 2 is 2.17 bits per heavy atom. The molecule has 1 rings (SSSR count). The SMILES string of the molecule is COc1cc(C(=O)NNC(N)=S)ccc1[N+](=O)[O-]. The number of hydrazine groups is 1. The third-order valence-corrected chi connectivity index (χ3v) is 2.04. The van der Waals surface area contributed by atoms with Gasteiger partial charge in [-0.3, -0.25) is 25.8 Å². The van der Waals surface area contributed by atoms with Gasteiger partial charge in [-0.15, -0.1) is 0 Å². The van der Waals surface area contributed by atoms with E-state index >= 15 is 0 Å². The van der Waals surface area contributed by atoms with Crippen molar-refractivity contribution < 1.29 is 14.5 Å². The number of nitro benzene ring substituents is 1. The molecule has 4 N–H and O–H groups in total. The first-order valence-electron chi connectivity index (χ1n) is 4.64. The van der Waals surface area contributed by atoms with Crippen LogP contribution in [0.4, 0.5) is 5.69 Å². The molecule has 0 radical (unpaired) electrons. The van der Waals surface area contributed by atoms with Crippen molar-refractivity contribution in [2.24, 2.45) is 5.73 Å². The van der Waals surface area contributed by atoms with Gasteiger partial charge in [0.25, 0.3) is 5.91 Å². The van der Waals surface area contributed by atoms with Crippen molar-refractivity contribution in [1.29, 1.82) is 0 Å².